The predicted molar refractivity (Wildman–Crippen MR) is 66.2 cm³/mol. The van der Waals surface area contributed by atoms with E-state index in [0.29, 0.717) is 12.1 Å². The minimum Gasteiger partial charge on any atom is -0.424 e. The molecule has 0 amide bonds. The molecule has 1 aromatic carbocycles. The minimum absolute atomic E-state index is 0. The van der Waals surface area contributed by atoms with E-state index in [-0.39, 0.29) is 12.4 Å². The molecule has 1 fully saturated rings. The highest BCUT2D eigenvalue weighted by molar-refractivity contribution is 5.85. The van der Waals surface area contributed by atoms with E-state index >= 15 is 0 Å². The predicted octanol–water partition coefficient (Wildman–Crippen LogP) is 2.02. The van der Waals surface area contributed by atoms with E-state index in [1.165, 1.54) is 0 Å². The maximum absolute atomic E-state index is 5.58. The number of nitrogens with one attached hydrogen (secondary N) is 2. The third-order valence-corrected chi connectivity index (χ3v) is 2.68. The van der Waals surface area contributed by atoms with Crippen molar-refractivity contribution in [2.75, 3.05) is 18.4 Å². The first-order valence-corrected chi connectivity index (χ1v) is 5.25. The first-order chi connectivity index (χ1) is 7.42. The van der Waals surface area contributed by atoms with Crippen molar-refractivity contribution >= 4 is 29.5 Å². The lowest BCUT2D eigenvalue weighted by molar-refractivity contribution is 0.599. The van der Waals surface area contributed by atoms with E-state index in [1.54, 1.807) is 0 Å². The van der Waals surface area contributed by atoms with Gasteiger partial charge in [0, 0.05) is 12.6 Å². The molecule has 16 heavy (non-hydrogen) atoms. The summed E-state index contributed by atoms with van der Waals surface area (Å²) < 4.78 is 5.58. The second-order valence-electron chi connectivity index (χ2n) is 3.82. The van der Waals surface area contributed by atoms with Crippen molar-refractivity contribution in [1.82, 2.24) is 10.3 Å². The molecule has 4 nitrogen and oxygen atoms in total. The molecule has 1 saturated heterocycles. The van der Waals surface area contributed by atoms with Crippen LogP contribution in [-0.4, -0.2) is 24.1 Å². The molecule has 1 atom stereocenters. The summed E-state index contributed by atoms with van der Waals surface area (Å²) >= 11 is 0. The second kappa shape index (κ2) is 4.72. The number of anilines is 1. The standard InChI is InChI=1S/C11H13N3O.ClH/c1-2-4-10-9(3-1)14-11(15-10)13-8-5-6-12-7-8;/h1-4,8,12H,5-7H2,(H,13,14);1H. The lowest BCUT2D eigenvalue weighted by Gasteiger charge is -2.07. The highest BCUT2D eigenvalue weighted by Gasteiger charge is 2.16. The molecule has 0 spiro atoms. The molecule has 0 bridgehead atoms. The van der Waals surface area contributed by atoms with E-state index in [4.69, 9.17) is 4.42 Å². The molecule has 0 radical (unpaired) electrons. The molecular weight excluding hydrogens is 226 g/mol. The number of hydrogen-bond donors (Lipinski definition) is 2. The van der Waals surface area contributed by atoms with Gasteiger partial charge in [-0.2, -0.15) is 4.98 Å². The zero-order valence-corrected chi connectivity index (χ0v) is 9.59. The van der Waals surface area contributed by atoms with Crippen LogP contribution >= 0.6 is 12.4 Å². The van der Waals surface area contributed by atoms with Gasteiger partial charge in [-0.1, -0.05) is 12.1 Å². The average Bonchev–Trinajstić information content (AvgIpc) is 2.86. The Bertz CT molecular complexity index is 432. The number of hydrogen-bond acceptors (Lipinski definition) is 4. The molecular formula is C11H14ClN3O. The lowest BCUT2D eigenvalue weighted by atomic mass is 10.3. The third-order valence-electron chi connectivity index (χ3n) is 2.68. The summed E-state index contributed by atoms with van der Waals surface area (Å²) in [6, 6.07) is 8.88. The van der Waals surface area contributed by atoms with Gasteiger partial charge < -0.3 is 15.1 Å². The van der Waals surface area contributed by atoms with Gasteiger partial charge in [0.2, 0.25) is 0 Å². The van der Waals surface area contributed by atoms with Crippen LogP contribution in [0.15, 0.2) is 28.7 Å². The first-order valence-electron chi connectivity index (χ1n) is 5.25. The Balaban J connectivity index is 0.000000963. The number of para-hydroxylation sites is 2. The third kappa shape index (κ3) is 2.13. The second-order valence-corrected chi connectivity index (χ2v) is 3.82. The number of nitrogens with zero attached hydrogens (tertiary/aromatic N) is 1. The Labute approximate surface area is 99.8 Å². The van der Waals surface area contributed by atoms with Crippen LogP contribution < -0.4 is 10.6 Å². The van der Waals surface area contributed by atoms with Crippen molar-refractivity contribution in [3.8, 4) is 0 Å². The normalized spacial score (nSPS) is 19.6. The van der Waals surface area contributed by atoms with E-state index in [9.17, 15) is 0 Å². The highest BCUT2D eigenvalue weighted by atomic mass is 35.5. The zero-order valence-electron chi connectivity index (χ0n) is 8.77. The van der Waals surface area contributed by atoms with Crippen LogP contribution in [0.3, 0.4) is 0 Å². The topological polar surface area (TPSA) is 50.1 Å². The zero-order chi connectivity index (χ0) is 10.1. The number of oxazole rings is 1. The Morgan fingerprint density at radius 2 is 2.25 bits per heavy atom. The quantitative estimate of drug-likeness (QED) is 0.842. The number of aromatic nitrogens is 1. The largest absolute Gasteiger partial charge is 0.424 e. The van der Waals surface area contributed by atoms with Gasteiger partial charge in [0.15, 0.2) is 5.58 Å². The van der Waals surface area contributed by atoms with Crippen LogP contribution in [0.4, 0.5) is 6.01 Å². The van der Waals surface area contributed by atoms with Crippen molar-refractivity contribution in [2.24, 2.45) is 0 Å². The lowest BCUT2D eigenvalue weighted by Crippen LogP contribution is -2.22. The fraction of sp³-hybridized carbons (Fsp3) is 0.364. The molecule has 2 heterocycles. The van der Waals surface area contributed by atoms with Crippen molar-refractivity contribution < 1.29 is 4.42 Å². The van der Waals surface area contributed by atoms with Crippen LogP contribution in [0, 0.1) is 0 Å². The molecule has 3 rings (SSSR count). The fourth-order valence-corrected chi connectivity index (χ4v) is 1.89. The Morgan fingerprint density at radius 3 is 3.00 bits per heavy atom. The molecule has 1 aromatic heterocycles. The number of halogens is 1. The van der Waals surface area contributed by atoms with Crippen LogP contribution in [0.1, 0.15) is 6.42 Å². The number of fused-ring (bicyclic) bond motifs is 1. The van der Waals surface area contributed by atoms with E-state index < -0.39 is 0 Å². The molecule has 1 unspecified atom stereocenters. The average molecular weight is 240 g/mol. The van der Waals surface area contributed by atoms with Crippen molar-refractivity contribution in [3.05, 3.63) is 24.3 Å². The molecule has 0 aliphatic carbocycles. The summed E-state index contributed by atoms with van der Waals surface area (Å²) in [6.45, 7) is 2.05. The van der Waals surface area contributed by atoms with Gasteiger partial charge in [-0.3, -0.25) is 0 Å². The van der Waals surface area contributed by atoms with Crippen LogP contribution in [0.25, 0.3) is 11.1 Å². The van der Waals surface area contributed by atoms with Gasteiger partial charge in [-0.05, 0) is 25.1 Å². The van der Waals surface area contributed by atoms with Gasteiger partial charge in [-0.25, -0.2) is 0 Å². The van der Waals surface area contributed by atoms with Crippen molar-refractivity contribution in [1.29, 1.82) is 0 Å². The van der Waals surface area contributed by atoms with Crippen LogP contribution in [-0.2, 0) is 0 Å². The highest BCUT2D eigenvalue weighted by Crippen LogP contribution is 2.19. The minimum atomic E-state index is 0. The molecule has 1 aliphatic heterocycles. The summed E-state index contributed by atoms with van der Waals surface area (Å²) in [5, 5.41) is 6.58. The summed E-state index contributed by atoms with van der Waals surface area (Å²) in [5.74, 6) is 0. The summed E-state index contributed by atoms with van der Waals surface area (Å²) in [4.78, 5) is 4.37. The first kappa shape index (κ1) is 11.2. The summed E-state index contributed by atoms with van der Waals surface area (Å²) in [7, 11) is 0. The maximum atomic E-state index is 5.58. The number of rotatable bonds is 2. The van der Waals surface area contributed by atoms with Gasteiger partial charge >= 0.3 is 0 Å². The van der Waals surface area contributed by atoms with Gasteiger partial charge in [0.05, 0.1) is 0 Å². The van der Waals surface area contributed by atoms with Gasteiger partial charge in [-0.15, -0.1) is 12.4 Å². The van der Waals surface area contributed by atoms with Gasteiger partial charge in [0.1, 0.15) is 5.52 Å². The van der Waals surface area contributed by atoms with Crippen molar-refractivity contribution in [3.63, 3.8) is 0 Å². The molecule has 86 valence electrons. The molecule has 5 heteroatoms. The van der Waals surface area contributed by atoms with E-state index in [1.807, 2.05) is 24.3 Å². The van der Waals surface area contributed by atoms with E-state index in [0.717, 1.165) is 30.6 Å². The maximum Gasteiger partial charge on any atom is 0.295 e. The Hall–Kier alpha value is -1.26. The summed E-state index contributed by atoms with van der Waals surface area (Å²) in [5.41, 5.74) is 1.75. The SMILES string of the molecule is Cl.c1ccc2oc(NC3CCNC3)nc2c1. The molecule has 2 aromatic rings. The molecule has 1 aliphatic rings. The summed E-state index contributed by atoms with van der Waals surface area (Å²) in [6.07, 6.45) is 1.12. The van der Waals surface area contributed by atoms with Crippen molar-refractivity contribution in [2.45, 2.75) is 12.5 Å². The van der Waals surface area contributed by atoms with Crippen LogP contribution in [0.2, 0.25) is 0 Å². The monoisotopic (exact) mass is 239 g/mol. The van der Waals surface area contributed by atoms with Gasteiger partial charge in [0.25, 0.3) is 6.01 Å². The smallest absolute Gasteiger partial charge is 0.295 e. The van der Waals surface area contributed by atoms with Crippen LogP contribution in [0.5, 0.6) is 0 Å². The molecule has 0 saturated carbocycles. The Morgan fingerprint density at radius 1 is 1.38 bits per heavy atom. The number of benzene rings is 1. The fourth-order valence-electron chi connectivity index (χ4n) is 1.89. The molecule has 2 N–H and O–H groups in total. The Kier molecular flexibility index (Phi) is 3.31. The van der Waals surface area contributed by atoms with E-state index in [2.05, 4.69) is 15.6 Å².